The van der Waals surface area contributed by atoms with Crippen molar-refractivity contribution in [2.75, 3.05) is 13.7 Å². The summed E-state index contributed by atoms with van der Waals surface area (Å²) in [5.41, 5.74) is -0.609. The first-order valence-corrected chi connectivity index (χ1v) is 7.88. The molecule has 2 bridgehead atoms. The Morgan fingerprint density at radius 3 is 2.48 bits per heavy atom. The number of fused-ring (bicyclic) bond motifs is 2. The van der Waals surface area contributed by atoms with Crippen LogP contribution in [0.2, 0.25) is 0 Å². The van der Waals surface area contributed by atoms with Crippen LogP contribution < -0.4 is 4.74 Å². The average Bonchev–Trinajstić information content (AvgIpc) is 2.43. The Morgan fingerprint density at radius 2 is 1.86 bits per heavy atom. The highest BCUT2D eigenvalue weighted by Gasteiger charge is 2.43. The zero-order valence-corrected chi connectivity index (χ0v) is 12.6. The van der Waals surface area contributed by atoms with Gasteiger partial charge in [-0.2, -0.15) is 0 Å². The van der Waals surface area contributed by atoms with Crippen molar-refractivity contribution >= 4 is 0 Å². The lowest BCUT2D eigenvalue weighted by atomic mass is 9.74. The summed E-state index contributed by atoms with van der Waals surface area (Å²) < 4.78 is 18.5. The van der Waals surface area contributed by atoms with Crippen molar-refractivity contribution in [1.29, 1.82) is 0 Å². The summed E-state index contributed by atoms with van der Waals surface area (Å²) in [5.74, 6) is 0.400. The van der Waals surface area contributed by atoms with Crippen LogP contribution in [0.1, 0.15) is 38.5 Å². The van der Waals surface area contributed by atoms with Gasteiger partial charge in [-0.15, -0.1) is 0 Å². The Kier molecular flexibility index (Phi) is 4.18. The third kappa shape index (κ3) is 3.38. The molecule has 2 atom stereocenters. The zero-order chi connectivity index (χ0) is 14.9. The molecule has 0 radical (unpaired) electrons. The number of rotatable bonds is 4. The average molecular weight is 293 g/mol. The second-order valence-corrected chi connectivity index (χ2v) is 6.59. The van der Waals surface area contributed by atoms with Crippen molar-refractivity contribution in [2.24, 2.45) is 0 Å². The molecule has 1 aromatic rings. The van der Waals surface area contributed by atoms with Gasteiger partial charge in [0.25, 0.3) is 0 Å². The van der Waals surface area contributed by atoms with E-state index in [4.69, 9.17) is 4.74 Å². The SMILES string of the molecule is CN1C2CCCC1CC(O)(CCOc1ccc(F)cc1)C2. The first-order chi connectivity index (χ1) is 10.1. The summed E-state index contributed by atoms with van der Waals surface area (Å²) in [5, 5.41) is 10.9. The molecule has 3 rings (SSSR count). The van der Waals surface area contributed by atoms with Gasteiger partial charge in [-0.05, 0) is 57.0 Å². The minimum absolute atomic E-state index is 0.260. The van der Waals surface area contributed by atoms with E-state index in [-0.39, 0.29) is 5.82 Å². The molecule has 3 nitrogen and oxygen atoms in total. The van der Waals surface area contributed by atoms with Gasteiger partial charge in [-0.1, -0.05) is 6.42 Å². The molecule has 0 saturated carbocycles. The quantitative estimate of drug-likeness (QED) is 0.926. The van der Waals surface area contributed by atoms with E-state index in [9.17, 15) is 9.50 Å². The highest BCUT2D eigenvalue weighted by Crippen LogP contribution is 2.39. The molecule has 0 spiro atoms. The first-order valence-electron chi connectivity index (χ1n) is 7.88. The summed E-state index contributed by atoms with van der Waals surface area (Å²) >= 11 is 0. The van der Waals surface area contributed by atoms with Crippen LogP contribution in [-0.2, 0) is 0 Å². The van der Waals surface area contributed by atoms with Crippen molar-refractivity contribution in [3.63, 3.8) is 0 Å². The third-order valence-corrected chi connectivity index (χ3v) is 5.11. The fraction of sp³-hybridized carbons (Fsp3) is 0.647. The van der Waals surface area contributed by atoms with Crippen LogP contribution in [0, 0.1) is 5.82 Å². The molecular weight excluding hydrogens is 269 g/mol. The molecule has 2 aliphatic rings. The number of halogens is 1. The van der Waals surface area contributed by atoms with E-state index in [0.717, 1.165) is 12.8 Å². The van der Waals surface area contributed by atoms with Gasteiger partial charge in [0.05, 0.1) is 12.2 Å². The monoisotopic (exact) mass is 293 g/mol. The van der Waals surface area contributed by atoms with Crippen molar-refractivity contribution in [3.8, 4) is 5.75 Å². The second kappa shape index (κ2) is 5.93. The Labute approximate surface area is 125 Å². The highest BCUT2D eigenvalue weighted by molar-refractivity contribution is 5.22. The molecule has 4 heteroatoms. The van der Waals surface area contributed by atoms with E-state index in [1.807, 2.05) is 0 Å². The van der Waals surface area contributed by atoms with E-state index < -0.39 is 5.60 Å². The number of hydrogen-bond donors (Lipinski definition) is 1. The summed E-state index contributed by atoms with van der Waals surface area (Å²) in [6.07, 6.45) is 5.98. The Hall–Kier alpha value is -1.13. The molecule has 1 aromatic carbocycles. The Balaban J connectivity index is 1.53. The standard InChI is InChI=1S/C17H24FNO2/c1-19-14-3-2-4-15(19)12-17(20,11-14)9-10-21-16-7-5-13(18)6-8-16/h5-8,14-15,20H,2-4,9-12H2,1H3. The summed E-state index contributed by atoms with van der Waals surface area (Å²) in [6.45, 7) is 0.477. The molecule has 2 aliphatic heterocycles. The molecule has 116 valence electrons. The van der Waals surface area contributed by atoms with Gasteiger partial charge in [0, 0.05) is 18.5 Å². The number of piperidine rings is 2. The van der Waals surface area contributed by atoms with Crippen LogP contribution in [0.5, 0.6) is 5.75 Å². The zero-order valence-electron chi connectivity index (χ0n) is 12.6. The van der Waals surface area contributed by atoms with Crippen molar-refractivity contribution < 1.29 is 14.2 Å². The third-order valence-electron chi connectivity index (χ3n) is 5.11. The molecule has 0 amide bonds. The molecule has 0 aliphatic carbocycles. The van der Waals surface area contributed by atoms with Crippen molar-refractivity contribution in [3.05, 3.63) is 30.1 Å². The second-order valence-electron chi connectivity index (χ2n) is 6.59. The van der Waals surface area contributed by atoms with Gasteiger partial charge < -0.3 is 14.7 Å². The summed E-state index contributed by atoms with van der Waals surface area (Å²) in [4.78, 5) is 2.44. The lowest BCUT2D eigenvalue weighted by Crippen LogP contribution is -2.56. The Bertz CT molecular complexity index is 462. The summed E-state index contributed by atoms with van der Waals surface area (Å²) in [6, 6.07) is 7.06. The maximum atomic E-state index is 12.8. The molecule has 1 N–H and O–H groups in total. The fourth-order valence-electron chi connectivity index (χ4n) is 3.84. The van der Waals surface area contributed by atoms with Gasteiger partial charge in [-0.3, -0.25) is 0 Å². The smallest absolute Gasteiger partial charge is 0.123 e. The number of aliphatic hydroxyl groups is 1. The molecule has 2 unspecified atom stereocenters. The fourth-order valence-corrected chi connectivity index (χ4v) is 3.84. The Morgan fingerprint density at radius 1 is 1.24 bits per heavy atom. The predicted octanol–water partition coefficient (Wildman–Crippen LogP) is 2.97. The maximum Gasteiger partial charge on any atom is 0.123 e. The predicted molar refractivity (Wildman–Crippen MR) is 79.9 cm³/mol. The molecule has 2 fully saturated rings. The van der Waals surface area contributed by atoms with Crippen molar-refractivity contribution in [1.82, 2.24) is 4.90 Å². The van der Waals surface area contributed by atoms with E-state index in [1.165, 1.54) is 31.4 Å². The number of ether oxygens (including phenoxy) is 1. The number of benzene rings is 1. The molecular formula is C17H24FNO2. The lowest BCUT2D eigenvalue weighted by Gasteiger charge is -2.50. The van der Waals surface area contributed by atoms with Crippen molar-refractivity contribution in [2.45, 2.75) is 56.2 Å². The number of hydrogen-bond acceptors (Lipinski definition) is 3. The molecule has 0 aromatic heterocycles. The normalized spacial score (nSPS) is 32.9. The highest BCUT2D eigenvalue weighted by atomic mass is 19.1. The molecule has 21 heavy (non-hydrogen) atoms. The van der Waals surface area contributed by atoms with Crippen LogP contribution in [-0.4, -0.2) is 41.3 Å². The lowest BCUT2D eigenvalue weighted by molar-refractivity contribution is -0.0912. The first kappa shape index (κ1) is 14.8. The molecule has 2 heterocycles. The van der Waals surface area contributed by atoms with E-state index in [0.29, 0.717) is 30.9 Å². The van der Waals surface area contributed by atoms with Gasteiger partial charge in [0.1, 0.15) is 11.6 Å². The molecule has 2 saturated heterocycles. The maximum absolute atomic E-state index is 12.8. The largest absolute Gasteiger partial charge is 0.493 e. The van der Waals surface area contributed by atoms with Gasteiger partial charge in [0.15, 0.2) is 0 Å². The number of nitrogens with zero attached hydrogens (tertiary/aromatic N) is 1. The summed E-state index contributed by atoms with van der Waals surface area (Å²) in [7, 11) is 2.18. The minimum atomic E-state index is -0.609. The van der Waals surface area contributed by atoms with Gasteiger partial charge in [0.2, 0.25) is 0 Å². The topological polar surface area (TPSA) is 32.7 Å². The van der Waals surface area contributed by atoms with Crippen LogP contribution in [0.15, 0.2) is 24.3 Å². The van der Waals surface area contributed by atoms with Crippen LogP contribution in [0.25, 0.3) is 0 Å². The van der Waals surface area contributed by atoms with E-state index in [2.05, 4.69) is 11.9 Å². The van der Waals surface area contributed by atoms with Gasteiger partial charge >= 0.3 is 0 Å². The van der Waals surface area contributed by atoms with Crippen LogP contribution in [0.3, 0.4) is 0 Å². The van der Waals surface area contributed by atoms with E-state index >= 15 is 0 Å². The van der Waals surface area contributed by atoms with Crippen LogP contribution >= 0.6 is 0 Å². The van der Waals surface area contributed by atoms with E-state index in [1.54, 1.807) is 12.1 Å². The van der Waals surface area contributed by atoms with Crippen LogP contribution in [0.4, 0.5) is 4.39 Å². The minimum Gasteiger partial charge on any atom is -0.493 e. The van der Waals surface area contributed by atoms with Gasteiger partial charge in [-0.25, -0.2) is 4.39 Å².